The van der Waals surface area contributed by atoms with Crippen LogP contribution >= 0.6 is 0 Å². The fraction of sp³-hybridized carbons (Fsp3) is 0.524. The van der Waals surface area contributed by atoms with Gasteiger partial charge in [0.25, 0.3) is 0 Å². The van der Waals surface area contributed by atoms with Gasteiger partial charge in [0.1, 0.15) is 11.5 Å². The number of carbonyl (C=O) groups excluding carboxylic acids is 6. The van der Waals surface area contributed by atoms with Crippen LogP contribution in [0.25, 0.3) is 6.08 Å². The Bertz CT molecular complexity index is 695. The van der Waals surface area contributed by atoms with Crippen molar-refractivity contribution in [2.24, 2.45) is 0 Å². The molecule has 0 saturated carbocycles. The first-order valence-electron chi connectivity index (χ1n) is 8.81. The highest BCUT2D eigenvalue weighted by Crippen LogP contribution is 2.22. The number of aryl methyl sites for hydroxylation is 1. The zero-order valence-electron chi connectivity index (χ0n) is 17.4. The van der Waals surface area contributed by atoms with Crippen LogP contribution in [0.4, 0.5) is 0 Å². The molecule has 0 aromatic carbocycles. The molecule has 0 radical (unpaired) electrons. The van der Waals surface area contributed by atoms with Gasteiger partial charge in [0.2, 0.25) is 0 Å². The van der Waals surface area contributed by atoms with Crippen LogP contribution in [0.5, 0.6) is 0 Å². The third-order valence-corrected chi connectivity index (χ3v) is 3.56. The molecule has 1 fully saturated rings. The lowest BCUT2D eigenvalue weighted by atomic mass is 10.1. The van der Waals surface area contributed by atoms with Crippen LogP contribution in [0.1, 0.15) is 51.6 Å². The monoisotopic (exact) mass is 442 g/mol. The molecule has 1 aromatic heterocycles. The van der Waals surface area contributed by atoms with Gasteiger partial charge in [-0.25, -0.2) is 4.79 Å². The van der Waals surface area contributed by atoms with E-state index in [9.17, 15) is 9.59 Å². The summed E-state index contributed by atoms with van der Waals surface area (Å²) in [7, 11) is 2.75. The summed E-state index contributed by atoms with van der Waals surface area (Å²) in [6.45, 7) is 3.91. The van der Waals surface area contributed by atoms with E-state index in [2.05, 4.69) is 16.4 Å². The molecule has 2 rings (SSSR count). The van der Waals surface area contributed by atoms with E-state index >= 15 is 0 Å². The first kappa shape index (κ1) is 32.3. The maximum Gasteiger partial charge on any atom is 0.373 e. The number of ether oxygens (including phenoxy) is 3. The van der Waals surface area contributed by atoms with E-state index in [0.717, 1.165) is 25.0 Å². The largest absolute Gasteiger partial charge is 0.469 e. The maximum absolute atomic E-state index is 10.8. The predicted octanol–water partition coefficient (Wildman–Crippen LogP) is 2.75. The lowest BCUT2D eigenvalue weighted by Gasteiger charge is -2.09. The minimum atomic E-state index is -0.385. The molecule has 31 heavy (non-hydrogen) atoms. The molecule has 174 valence electrons. The van der Waals surface area contributed by atoms with E-state index in [4.69, 9.17) is 28.3 Å². The van der Waals surface area contributed by atoms with Crippen LogP contribution < -0.4 is 0 Å². The van der Waals surface area contributed by atoms with Crippen molar-refractivity contribution in [3.05, 3.63) is 29.7 Å². The quantitative estimate of drug-likeness (QED) is 0.493. The minimum Gasteiger partial charge on any atom is -0.469 e. The number of esters is 2. The molecule has 0 spiro atoms. The molecule has 0 bridgehead atoms. The number of hydrogen-bond donors (Lipinski definition) is 0. The van der Waals surface area contributed by atoms with Gasteiger partial charge in [-0.3, -0.25) is 4.79 Å². The molecule has 2 atom stereocenters. The maximum atomic E-state index is 10.8. The number of carbonyl (C=O) groups is 2. The lowest BCUT2D eigenvalue weighted by molar-refractivity contribution is -0.193. The smallest absolute Gasteiger partial charge is 0.373 e. The topological polar surface area (TPSA) is 143 Å². The normalized spacial score (nSPS) is 15.7. The van der Waals surface area contributed by atoms with Gasteiger partial charge < -0.3 is 18.6 Å². The summed E-state index contributed by atoms with van der Waals surface area (Å²) in [5, 5.41) is 0. The Kier molecular flexibility index (Phi) is 22.3. The van der Waals surface area contributed by atoms with Crippen LogP contribution in [0.3, 0.4) is 0 Å². The van der Waals surface area contributed by atoms with Gasteiger partial charge in [-0.1, -0.05) is 7.43 Å². The molecular formula is C21H30O10. The third kappa shape index (κ3) is 19.8. The van der Waals surface area contributed by atoms with E-state index in [-0.39, 0.29) is 37.8 Å². The van der Waals surface area contributed by atoms with Gasteiger partial charge in [0, 0.05) is 12.5 Å². The second-order valence-corrected chi connectivity index (χ2v) is 5.73. The van der Waals surface area contributed by atoms with Gasteiger partial charge >= 0.3 is 24.2 Å². The average molecular weight is 442 g/mol. The summed E-state index contributed by atoms with van der Waals surface area (Å²) >= 11 is 0. The highest BCUT2D eigenvalue weighted by molar-refractivity contribution is 5.86. The molecule has 1 aromatic rings. The standard InChI is InChI=1S/C9H16O3.C9H10O3.2CO2.CH4/c2*1-7-3-4-8(12-7)5-6-9(10)11-2;2*2-1-3;/h7-8H,3-6H2,1-2H3;3-6H,1-2H3;;;1H4/b;6-5+;;;. The molecule has 2 unspecified atom stereocenters. The van der Waals surface area contributed by atoms with E-state index in [1.54, 1.807) is 12.1 Å². The van der Waals surface area contributed by atoms with Crippen molar-refractivity contribution in [3.63, 3.8) is 0 Å². The Morgan fingerprint density at radius 3 is 2.06 bits per heavy atom. The number of methoxy groups -OCH3 is 2. The van der Waals surface area contributed by atoms with E-state index in [0.29, 0.717) is 18.3 Å². The molecule has 10 nitrogen and oxygen atoms in total. The number of hydrogen-bond acceptors (Lipinski definition) is 10. The molecule has 2 heterocycles. The van der Waals surface area contributed by atoms with E-state index in [1.165, 1.54) is 20.3 Å². The zero-order chi connectivity index (χ0) is 23.4. The van der Waals surface area contributed by atoms with Crippen molar-refractivity contribution in [3.8, 4) is 0 Å². The average Bonchev–Trinajstić information content (AvgIpc) is 3.33. The van der Waals surface area contributed by atoms with Crippen molar-refractivity contribution in [2.75, 3.05) is 14.2 Å². The number of rotatable bonds is 5. The highest BCUT2D eigenvalue weighted by Gasteiger charge is 2.22. The molecule has 0 N–H and O–H groups in total. The second-order valence-electron chi connectivity index (χ2n) is 5.73. The van der Waals surface area contributed by atoms with Crippen molar-refractivity contribution in [2.45, 2.75) is 59.2 Å². The zero-order valence-corrected chi connectivity index (χ0v) is 17.4. The third-order valence-electron chi connectivity index (χ3n) is 3.56. The van der Waals surface area contributed by atoms with Crippen LogP contribution in [-0.2, 0) is 43.0 Å². The first-order chi connectivity index (χ1) is 14.3. The molecule has 1 saturated heterocycles. The Morgan fingerprint density at radius 1 is 1.10 bits per heavy atom. The molecule has 1 aliphatic rings. The Hall–Kier alpha value is -3.32. The molecule has 0 amide bonds. The summed E-state index contributed by atoms with van der Waals surface area (Å²) in [4.78, 5) is 53.9. The minimum absolute atomic E-state index is 0. The van der Waals surface area contributed by atoms with Crippen molar-refractivity contribution >= 4 is 30.3 Å². The van der Waals surface area contributed by atoms with E-state index < -0.39 is 0 Å². The predicted molar refractivity (Wildman–Crippen MR) is 106 cm³/mol. The number of furan rings is 1. The summed E-state index contributed by atoms with van der Waals surface area (Å²) in [6.07, 6.45) is 7.51. The fourth-order valence-electron chi connectivity index (χ4n) is 2.24. The van der Waals surface area contributed by atoms with Gasteiger partial charge in [-0.2, -0.15) is 19.2 Å². The van der Waals surface area contributed by atoms with E-state index in [1.807, 2.05) is 13.0 Å². The molecule has 10 heteroatoms. The summed E-state index contributed by atoms with van der Waals surface area (Å²) < 4.78 is 19.7. The lowest BCUT2D eigenvalue weighted by Crippen LogP contribution is -2.11. The Morgan fingerprint density at radius 2 is 1.68 bits per heavy atom. The van der Waals surface area contributed by atoms with Gasteiger partial charge in [0.05, 0.1) is 26.4 Å². The summed E-state index contributed by atoms with van der Waals surface area (Å²) in [5.74, 6) is 0.944. The van der Waals surface area contributed by atoms with Crippen LogP contribution in [0.15, 0.2) is 22.6 Å². The van der Waals surface area contributed by atoms with Crippen molar-refractivity contribution < 1.29 is 47.4 Å². The summed E-state index contributed by atoms with van der Waals surface area (Å²) in [6, 6.07) is 3.62. The first-order valence-corrected chi connectivity index (χ1v) is 8.81. The van der Waals surface area contributed by atoms with Gasteiger partial charge in [0.15, 0.2) is 0 Å². The van der Waals surface area contributed by atoms with Crippen LogP contribution in [-0.4, -0.2) is 50.7 Å². The van der Waals surface area contributed by atoms with Gasteiger partial charge in [-0.15, -0.1) is 0 Å². The molecular weight excluding hydrogens is 412 g/mol. The highest BCUT2D eigenvalue weighted by atomic mass is 16.5. The second kappa shape index (κ2) is 21.4. The fourth-order valence-corrected chi connectivity index (χ4v) is 2.24. The van der Waals surface area contributed by atoms with Gasteiger partial charge in [-0.05, 0) is 51.3 Å². The molecule has 0 aliphatic carbocycles. The Balaban J connectivity index is -0.000000394. The Labute approximate surface area is 181 Å². The van der Waals surface area contributed by atoms with Crippen LogP contribution in [0, 0.1) is 6.92 Å². The SMILES string of the molecule is C.COC(=O)/C=C/c1ccc(C)o1.COC(=O)CCC1CCC(C)O1.O=C=O.O=C=O. The van der Waals surface area contributed by atoms with Crippen molar-refractivity contribution in [1.29, 1.82) is 0 Å². The van der Waals surface area contributed by atoms with Crippen LogP contribution in [0.2, 0.25) is 0 Å². The summed E-state index contributed by atoms with van der Waals surface area (Å²) in [5.41, 5.74) is 0. The van der Waals surface area contributed by atoms with Crippen molar-refractivity contribution in [1.82, 2.24) is 0 Å². The molecule has 1 aliphatic heterocycles.